The Bertz CT molecular complexity index is 630. The minimum absolute atomic E-state index is 0.0279. The molecule has 5 nitrogen and oxygen atoms in total. The molecule has 0 spiro atoms. The molecule has 0 amide bonds. The molecule has 1 aromatic rings. The Kier molecular flexibility index (Phi) is 4.78. The Balaban J connectivity index is 2.08. The number of carbonyl (C=O) groups is 2. The lowest BCUT2D eigenvalue weighted by Gasteiger charge is -2.26. The molecule has 0 heterocycles. The largest absolute Gasteiger partial charge is 0.481 e. The summed E-state index contributed by atoms with van der Waals surface area (Å²) >= 11 is 0. The number of carboxylic acid groups (broad SMARTS) is 2. The summed E-state index contributed by atoms with van der Waals surface area (Å²) in [6.45, 7) is 2.08. The molecule has 0 fully saturated rings. The van der Waals surface area contributed by atoms with Crippen LogP contribution in [-0.4, -0.2) is 28.8 Å². The van der Waals surface area contributed by atoms with Gasteiger partial charge in [0.2, 0.25) is 0 Å². The first-order valence-electron chi connectivity index (χ1n) is 6.91. The number of hydrogen-bond donors (Lipinski definition) is 2. The van der Waals surface area contributed by atoms with E-state index in [0.717, 1.165) is 5.56 Å². The van der Waals surface area contributed by atoms with Gasteiger partial charge in [-0.3, -0.25) is 4.79 Å². The van der Waals surface area contributed by atoms with Crippen molar-refractivity contribution in [2.75, 3.05) is 6.61 Å². The van der Waals surface area contributed by atoms with E-state index in [0.29, 0.717) is 12.2 Å². The second-order valence-electron chi connectivity index (χ2n) is 5.57. The second-order valence-corrected chi connectivity index (χ2v) is 5.57. The first-order chi connectivity index (χ1) is 10.4. The number of benzene rings is 1. The van der Waals surface area contributed by atoms with Crippen LogP contribution in [0.5, 0.6) is 0 Å². The van der Waals surface area contributed by atoms with Gasteiger partial charge in [0.15, 0.2) is 0 Å². The minimum Gasteiger partial charge on any atom is -0.481 e. The van der Waals surface area contributed by atoms with Gasteiger partial charge in [0, 0.05) is 5.57 Å². The zero-order valence-corrected chi connectivity index (χ0v) is 12.3. The molecule has 0 bridgehead atoms. The molecule has 0 saturated carbocycles. The van der Waals surface area contributed by atoms with Crippen LogP contribution in [-0.2, 0) is 20.9 Å². The number of carboxylic acids is 2. The summed E-state index contributed by atoms with van der Waals surface area (Å²) in [5.41, 5.74) is 0.450. The van der Waals surface area contributed by atoms with Gasteiger partial charge in [-0.15, -0.1) is 0 Å². The van der Waals surface area contributed by atoms with Crippen LogP contribution in [0.3, 0.4) is 0 Å². The number of rotatable bonds is 6. The van der Waals surface area contributed by atoms with Crippen LogP contribution in [0.25, 0.3) is 0 Å². The lowest BCUT2D eigenvalue weighted by Crippen LogP contribution is -2.30. The summed E-state index contributed by atoms with van der Waals surface area (Å²) in [6, 6.07) is 9.57. The van der Waals surface area contributed by atoms with Gasteiger partial charge in [-0.05, 0) is 30.6 Å². The molecule has 2 rings (SSSR count). The molecule has 116 valence electrons. The van der Waals surface area contributed by atoms with E-state index in [1.807, 2.05) is 30.3 Å². The highest BCUT2D eigenvalue weighted by Crippen LogP contribution is 2.34. The SMILES string of the molecule is CC1(C(=O)O)C=C(COCc2ccccc2)C=C(C(=O)O)C1. The molecule has 0 aliphatic heterocycles. The van der Waals surface area contributed by atoms with Crippen LogP contribution in [0.2, 0.25) is 0 Å². The summed E-state index contributed by atoms with van der Waals surface area (Å²) in [6.07, 6.45) is 3.05. The van der Waals surface area contributed by atoms with Crippen molar-refractivity contribution >= 4 is 11.9 Å². The molecule has 0 aromatic heterocycles. The Morgan fingerprint density at radius 1 is 1.18 bits per heavy atom. The van der Waals surface area contributed by atoms with Gasteiger partial charge in [-0.2, -0.15) is 0 Å². The average molecular weight is 302 g/mol. The van der Waals surface area contributed by atoms with E-state index in [4.69, 9.17) is 9.84 Å². The normalized spacial score (nSPS) is 21.0. The van der Waals surface area contributed by atoms with Crippen molar-refractivity contribution < 1.29 is 24.5 Å². The topological polar surface area (TPSA) is 83.8 Å². The third kappa shape index (κ3) is 3.83. The van der Waals surface area contributed by atoms with E-state index in [9.17, 15) is 14.7 Å². The Morgan fingerprint density at radius 3 is 2.45 bits per heavy atom. The van der Waals surface area contributed by atoms with Crippen molar-refractivity contribution in [3.8, 4) is 0 Å². The number of aliphatic carboxylic acids is 2. The molecule has 0 radical (unpaired) electrons. The fourth-order valence-corrected chi connectivity index (χ4v) is 2.39. The van der Waals surface area contributed by atoms with Crippen molar-refractivity contribution in [2.24, 2.45) is 5.41 Å². The van der Waals surface area contributed by atoms with E-state index in [-0.39, 0.29) is 18.6 Å². The molecule has 1 aliphatic rings. The Hall–Kier alpha value is -2.40. The lowest BCUT2D eigenvalue weighted by atomic mass is 9.78. The maximum absolute atomic E-state index is 11.4. The Morgan fingerprint density at radius 2 is 1.86 bits per heavy atom. The van der Waals surface area contributed by atoms with Gasteiger partial charge < -0.3 is 14.9 Å². The number of hydrogen-bond acceptors (Lipinski definition) is 3. The quantitative estimate of drug-likeness (QED) is 0.844. The van der Waals surface area contributed by atoms with Crippen molar-refractivity contribution in [3.05, 3.63) is 59.2 Å². The van der Waals surface area contributed by atoms with Gasteiger partial charge in [0.25, 0.3) is 0 Å². The molecule has 1 atom stereocenters. The first-order valence-corrected chi connectivity index (χ1v) is 6.91. The molecule has 5 heteroatoms. The van der Waals surface area contributed by atoms with Crippen LogP contribution >= 0.6 is 0 Å². The predicted octanol–water partition coefficient (Wildman–Crippen LogP) is 2.64. The van der Waals surface area contributed by atoms with Gasteiger partial charge in [0.1, 0.15) is 0 Å². The monoisotopic (exact) mass is 302 g/mol. The highest BCUT2D eigenvalue weighted by Gasteiger charge is 2.36. The summed E-state index contributed by atoms with van der Waals surface area (Å²) < 4.78 is 5.56. The van der Waals surface area contributed by atoms with Crippen LogP contribution in [0.1, 0.15) is 18.9 Å². The second kappa shape index (κ2) is 6.58. The number of ether oxygens (including phenoxy) is 1. The van der Waals surface area contributed by atoms with Gasteiger partial charge in [0.05, 0.1) is 18.6 Å². The molecule has 22 heavy (non-hydrogen) atoms. The molecule has 2 N–H and O–H groups in total. The summed E-state index contributed by atoms with van der Waals surface area (Å²) in [7, 11) is 0. The average Bonchev–Trinajstić information content (AvgIpc) is 2.47. The fraction of sp³-hybridized carbons (Fsp3) is 0.294. The molecule has 1 unspecified atom stereocenters. The van der Waals surface area contributed by atoms with Gasteiger partial charge in [-0.25, -0.2) is 4.79 Å². The lowest BCUT2D eigenvalue weighted by molar-refractivity contribution is -0.145. The fourth-order valence-electron chi connectivity index (χ4n) is 2.39. The van der Waals surface area contributed by atoms with Crippen molar-refractivity contribution in [1.29, 1.82) is 0 Å². The van der Waals surface area contributed by atoms with E-state index in [2.05, 4.69) is 0 Å². The molecule has 1 aromatic carbocycles. The Labute approximate surface area is 128 Å². The van der Waals surface area contributed by atoms with E-state index >= 15 is 0 Å². The third-order valence-electron chi connectivity index (χ3n) is 3.56. The van der Waals surface area contributed by atoms with Crippen LogP contribution < -0.4 is 0 Å². The van der Waals surface area contributed by atoms with E-state index < -0.39 is 17.4 Å². The zero-order chi connectivity index (χ0) is 16.2. The minimum atomic E-state index is -1.21. The first kappa shape index (κ1) is 16.0. The maximum Gasteiger partial charge on any atom is 0.331 e. The zero-order valence-electron chi connectivity index (χ0n) is 12.3. The maximum atomic E-state index is 11.4. The molecular formula is C17H18O5. The summed E-state index contributed by atoms with van der Waals surface area (Å²) in [4.78, 5) is 22.6. The van der Waals surface area contributed by atoms with E-state index in [1.165, 1.54) is 13.0 Å². The smallest absolute Gasteiger partial charge is 0.331 e. The standard InChI is InChI=1S/C17H18O5/c1-17(16(20)21)8-13(7-14(9-17)15(18)19)11-22-10-12-5-3-2-4-6-12/h2-8H,9-11H2,1H3,(H,18,19)(H,20,21). The van der Waals surface area contributed by atoms with Crippen LogP contribution in [0.4, 0.5) is 0 Å². The van der Waals surface area contributed by atoms with Crippen molar-refractivity contribution in [3.63, 3.8) is 0 Å². The highest BCUT2D eigenvalue weighted by molar-refractivity contribution is 5.90. The molecule has 0 saturated heterocycles. The predicted molar refractivity (Wildman–Crippen MR) is 80.3 cm³/mol. The van der Waals surface area contributed by atoms with Crippen LogP contribution in [0.15, 0.2) is 53.6 Å². The van der Waals surface area contributed by atoms with Crippen LogP contribution in [0, 0.1) is 5.41 Å². The highest BCUT2D eigenvalue weighted by atomic mass is 16.5. The van der Waals surface area contributed by atoms with E-state index in [1.54, 1.807) is 6.08 Å². The summed E-state index contributed by atoms with van der Waals surface area (Å²) in [5, 5.41) is 18.5. The summed E-state index contributed by atoms with van der Waals surface area (Å²) in [5.74, 6) is -2.14. The third-order valence-corrected chi connectivity index (χ3v) is 3.56. The molecule has 1 aliphatic carbocycles. The van der Waals surface area contributed by atoms with Gasteiger partial charge >= 0.3 is 11.9 Å². The van der Waals surface area contributed by atoms with Gasteiger partial charge in [-0.1, -0.05) is 36.4 Å². The molecular weight excluding hydrogens is 284 g/mol. The van der Waals surface area contributed by atoms with Crippen molar-refractivity contribution in [2.45, 2.75) is 20.0 Å². The van der Waals surface area contributed by atoms with Crippen molar-refractivity contribution in [1.82, 2.24) is 0 Å².